The fourth-order valence-corrected chi connectivity index (χ4v) is 4.32. The monoisotopic (exact) mass is 400 g/mol. The molecule has 28 heavy (non-hydrogen) atoms. The summed E-state index contributed by atoms with van der Waals surface area (Å²) in [6.45, 7) is 6.50. The van der Waals surface area contributed by atoms with Crippen LogP contribution >= 0.6 is 11.3 Å². The SMILES string of the molecule is CC(C)c1nc(CC(=O)Nc2ccccc2CN2CCCC(C(N)=O)C2)cs1. The molecule has 1 atom stereocenters. The molecule has 0 aliphatic carbocycles. The van der Waals surface area contributed by atoms with Crippen molar-refractivity contribution < 1.29 is 9.59 Å². The first-order chi connectivity index (χ1) is 13.4. The quantitative estimate of drug-likeness (QED) is 0.747. The average Bonchev–Trinajstić information content (AvgIpc) is 3.12. The van der Waals surface area contributed by atoms with Gasteiger partial charge in [-0.05, 0) is 31.0 Å². The second-order valence-electron chi connectivity index (χ2n) is 7.69. The maximum atomic E-state index is 12.5. The number of carbonyl (C=O) groups excluding carboxylic acids is 2. The number of nitrogens with one attached hydrogen (secondary N) is 1. The van der Waals surface area contributed by atoms with Crippen LogP contribution in [-0.2, 0) is 22.6 Å². The van der Waals surface area contributed by atoms with Crippen LogP contribution in [0.1, 0.15) is 48.9 Å². The van der Waals surface area contributed by atoms with E-state index in [0.717, 1.165) is 41.3 Å². The lowest BCUT2D eigenvalue weighted by Gasteiger charge is -2.31. The van der Waals surface area contributed by atoms with E-state index in [1.807, 2.05) is 29.6 Å². The van der Waals surface area contributed by atoms with Crippen molar-refractivity contribution in [2.24, 2.45) is 11.7 Å². The molecular weight excluding hydrogens is 372 g/mol. The number of thiazole rings is 1. The summed E-state index contributed by atoms with van der Waals surface area (Å²) < 4.78 is 0. The number of primary amides is 1. The summed E-state index contributed by atoms with van der Waals surface area (Å²) in [5, 5.41) is 6.04. The zero-order valence-electron chi connectivity index (χ0n) is 16.5. The van der Waals surface area contributed by atoms with E-state index in [0.29, 0.717) is 19.0 Å². The van der Waals surface area contributed by atoms with Crippen molar-refractivity contribution >= 4 is 28.8 Å². The number of hydrogen-bond acceptors (Lipinski definition) is 5. The molecule has 1 aromatic carbocycles. The molecule has 7 heteroatoms. The van der Waals surface area contributed by atoms with E-state index in [1.54, 1.807) is 11.3 Å². The highest BCUT2D eigenvalue weighted by molar-refractivity contribution is 7.09. The molecule has 1 aliphatic heterocycles. The van der Waals surface area contributed by atoms with Crippen LogP contribution in [0.3, 0.4) is 0 Å². The van der Waals surface area contributed by atoms with Gasteiger partial charge in [-0.3, -0.25) is 14.5 Å². The van der Waals surface area contributed by atoms with Gasteiger partial charge in [-0.25, -0.2) is 4.98 Å². The maximum Gasteiger partial charge on any atom is 0.230 e. The van der Waals surface area contributed by atoms with E-state index in [9.17, 15) is 9.59 Å². The van der Waals surface area contributed by atoms with Crippen LogP contribution in [0.15, 0.2) is 29.6 Å². The molecule has 6 nitrogen and oxygen atoms in total. The molecule has 1 aromatic heterocycles. The number of hydrogen-bond donors (Lipinski definition) is 2. The second kappa shape index (κ2) is 9.30. The van der Waals surface area contributed by atoms with E-state index < -0.39 is 0 Å². The molecule has 2 heterocycles. The van der Waals surface area contributed by atoms with Crippen molar-refractivity contribution in [1.29, 1.82) is 0 Å². The van der Waals surface area contributed by atoms with Gasteiger partial charge in [0.1, 0.15) is 0 Å². The molecule has 1 saturated heterocycles. The molecule has 0 spiro atoms. The molecule has 1 unspecified atom stereocenters. The lowest BCUT2D eigenvalue weighted by Crippen LogP contribution is -2.40. The van der Waals surface area contributed by atoms with Gasteiger partial charge < -0.3 is 11.1 Å². The molecule has 2 aromatic rings. The summed E-state index contributed by atoms with van der Waals surface area (Å²) in [4.78, 5) is 30.8. The van der Waals surface area contributed by atoms with Crippen molar-refractivity contribution in [1.82, 2.24) is 9.88 Å². The number of para-hydroxylation sites is 1. The third kappa shape index (κ3) is 5.39. The highest BCUT2D eigenvalue weighted by atomic mass is 32.1. The number of likely N-dealkylation sites (tertiary alicyclic amines) is 1. The number of amides is 2. The number of nitrogens with zero attached hydrogens (tertiary/aromatic N) is 2. The summed E-state index contributed by atoms with van der Waals surface area (Å²) in [5.74, 6) is -0.0105. The van der Waals surface area contributed by atoms with Crippen LogP contribution in [-0.4, -0.2) is 34.8 Å². The number of aromatic nitrogens is 1. The van der Waals surface area contributed by atoms with E-state index in [1.165, 1.54) is 0 Å². The highest BCUT2D eigenvalue weighted by Gasteiger charge is 2.24. The summed E-state index contributed by atoms with van der Waals surface area (Å²) in [6.07, 6.45) is 2.09. The molecule has 1 aliphatic rings. The Hall–Kier alpha value is -2.25. The van der Waals surface area contributed by atoms with Crippen LogP contribution in [0.4, 0.5) is 5.69 Å². The molecule has 150 valence electrons. The summed E-state index contributed by atoms with van der Waals surface area (Å²) in [7, 11) is 0. The molecule has 0 bridgehead atoms. The first kappa shape index (κ1) is 20.5. The molecule has 0 saturated carbocycles. The lowest BCUT2D eigenvalue weighted by molar-refractivity contribution is -0.123. The maximum absolute atomic E-state index is 12.5. The Kier molecular flexibility index (Phi) is 6.80. The van der Waals surface area contributed by atoms with Gasteiger partial charge in [0.05, 0.1) is 23.0 Å². The fraction of sp³-hybridized carbons (Fsp3) is 0.476. The normalized spacial score (nSPS) is 17.6. The highest BCUT2D eigenvalue weighted by Crippen LogP contribution is 2.23. The molecule has 0 radical (unpaired) electrons. The van der Waals surface area contributed by atoms with Gasteiger partial charge in [0.15, 0.2) is 0 Å². The van der Waals surface area contributed by atoms with E-state index in [-0.39, 0.29) is 24.2 Å². The van der Waals surface area contributed by atoms with Gasteiger partial charge in [-0.1, -0.05) is 32.0 Å². The molecule has 2 amide bonds. The van der Waals surface area contributed by atoms with Gasteiger partial charge in [0, 0.05) is 30.1 Å². The van der Waals surface area contributed by atoms with Gasteiger partial charge >= 0.3 is 0 Å². The van der Waals surface area contributed by atoms with E-state index in [2.05, 4.69) is 29.0 Å². The number of benzene rings is 1. The van der Waals surface area contributed by atoms with Gasteiger partial charge in [-0.15, -0.1) is 11.3 Å². The summed E-state index contributed by atoms with van der Waals surface area (Å²) in [5.41, 5.74) is 8.15. The van der Waals surface area contributed by atoms with Crippen LogP contribution in [0.5, 0.6) is 0 Å². The van der Waals surface area contributed by atoms with Gasteiger partial charge in [-0.2, -0.15) is 0 Å². The largest absolute Gasteiger partial charge is 0.369 e. The first-order valence-corrected chi connectivity index (χ1v) is 10.6. The summed E-state index contributed by atoms with van der Waals surface area (Å²) >= 11 is 1.60. The Morgan fingerprint density at radius 3 is 2.86 bits per heavy atom. The number of carbonyl (C=O) groups is 2. The zero-order chi connectivity index (χ0) is 20.1. The van der Waals surface area contributed by atoms with Crippen molar-refractivity contribution in [2.45, 2.75) is 45.6 Å². The second-order valence-corrected chi connectivity index (χ2v) is 8.58. The number of piperidine rings is 1. The van der Waals surface area contributed by atoms with Crippen LogP contribution in [0, 0.1) is 5.92 Å². The predicted octanol–water partition coefficient (Wildman–Crippen LogP) is 3.15. The topological polar surface area (TPSA) is 88.3 Å². The van der Waals surface area contributed by atoms with Crippen molar-refractivity contribution in [3.05, 3.63) is 45.9 Å². The Bertz CT molecular complexity index is 833. The summed E-state index contributed by atoms with van der Waals surface area (Å²) in [6, 6.07) is 7.82. The minimum absolute atomic E-state index is 0.0679. The van der Waals surface area contributed by atoms with Crippen LogP contribution < -0.4 is 11.1 Å². The number of anilines is 1. The minimum Gasteiger partial charge on any atom is -0.369 e. The predicted molar refractivity (Wildman–Crippen MR) is 112 cm³/mol. The number of nitrogens with two attached hydrogens (primary N) is 1. The average molecular weight is 401 g/mol. The third-order valence-corrected chi connectivity index (χ3v) is 6.19. The van der Waals surface area contributed by atoms with Crippen LogP contribution in [0.2, 0.25) is 0 Å². The zero-order valence-corrected chi connectivity index (χ0v) is 17.3. The van der Waals surface area contributed by atoms with Crippen molar-refractivity contribution in [2.75, 3.05) is 18.4 Å². The molecular formula is C21H28N4O2S. The Labute approximate surface area is 170 Å². The van der Waals surface area contributed by atoms with Gasteiger partial charge in [0.25, 0.3) is 0 Å². The molecule has 3 N–H and O–H groups in total. The fourth-order valence-electron chi connectivity index (χ4n) is 3.48. The van der Waals surface area contributed by atoms with Crippen molar-refractivity contribution in [3.63, 3.8) is 0 Å². The van der Waals surface area contributed by atoms with Crippen molar-refractivity contribution in [3.8, 4) is 0 Å². The molecule has 3 rings (SSSR count). The van der Waals surface area contributed by atoms with Gasteiger partial charge in [0.2, 0.25) is 11.8 Å². The Morgan fingerprint density at radius 2 is 2.14 bits per heavy atom. The lowest BCUT2D eigenvalue weighted by atomic mass is 9.97. The smallest absolute Gasteiger partial charge is 0.230 e. The first-order valence-electron chi connectivity index (χ1n) is 9.76. The van der Waals surface area contributed by atoms with E-state index >= 15 is 0 Å². The Morgan fingerprint density at radius 1 is 1.36 bits per heavy atom. The molecule has 1 fully saturated rings. The standard InChI is InChI=1S/C21H28N4O2S/c1-14(2)21-23-17(13-28-21)10-19(26)24-18-8-4-3-6-15(18)11-25-9-5-7-16(12-25)20(22)27/h3-4,6,8,13-14,16H,5,7,9-12H2,1-2H3,(H2,22,27)(H,24,26). The van der Waals surface area contributed by atoms with Crippen LogP contribution in [0.25, 0.3) is 0 Å². The minimum atomic E-state index is -0.227. The number of rotatable bonds is 7. The van der Waals surface area contributed by atoms with E-state index in [4.69, 9.17) is 5.73 Å². The third-order valence-electron chi connectivity index (χ3n) is 5.00. The Balaban J connectivity index is 1.63.